The van der Waals surface area contributed by atoms with Crippen LogP contribution in [0.3, 0.4) is 0 Å². The highest BCUT2D eigenvalue weighted by Crippen LogP contribution is 2.44. The SMILES string of the molecule is Cc1cc(C)c2op(NC[C@H]3O[C@@H]4OC(C)(C)O[C@@H]4[C@@H]3Op3oc4c(C)cc(C)cc4c4cc(C)cc(C)c4o3)oc3c(C)cc(C)cc3c2c1. The molecule has 0 spiro atoms. The van der Waals surface area contributed by atoms with Gasteiger partial charge in [0.15, 0.2) is 12.1 Å². The molecule has 268 valence electrons. The summed E-state index contributed by atoms with van der Waals surface area (Å²) in [5.41, 5.74) is 11.9. The lowest BCUT2D eigenvalue weighted by molar-refractivity contribution is -0.210. The zero-order chi connectivity index (χ0) is 35.9. The van der Waals surface area contributed by atoms with Crippen LogP contribution in [0, 0.1) is 55.4 Å². The maximum absolute atomic E-state index is 6.85. The summed E-state index contributed by atoms with van der Waals surface area (Å²) < 4.78 is 52.6. The minimum Gasteiger partial charge on any atom is -0.408 e. The molecular formula is C40H45NO8P2. The van der Waals surface area contributed by atoms with Crippen molar-refractivity contribution < 1.29 is 35.5 Å². The van der Waals surface area contributed by atoms with Gasteiger partial charge in [-0.15, -0.1) is 0 Å². The van der Waals surface area contributed by atoms with Gasteiger partial charge in [0.2, 0.25) is 0 Å². The van der Waals surface area contributed by atoms with Crippen molar-refractivity contribution >= 4 is 60.3 Å². The van der Waals surface area contributed by atoms with E-state index in [4.69, 9.17) is 35.5 Å². The predicted molar refractivity (Wildman–Crippen MR) is 204 cm³/mol. The third kappa shape index (κ3) is 6.44. The number of aryl methyl sites for hydroxylation is 8. The Kier molecular flexibility index (Phi) is 8.71. The van der Waals surface area contributed by atoms with E-state index in [1.54, 1.807) is 0 Å². The van der Waals surface area contributed by atoms with Gasteiger partial charge in [-0.3, -0.25) is 4.52 Å². The molecular weight excluding hydrogens is 684 g/mol. The van der Waals surface area contributed by atoms with E-state index in [0.29, 0.717) is 6.54 Å². The molecule has 4 heterocycles. The number of hydrogen-bond donors (Lipinski definition) is 1. The molecule has 2 fully saturated rings. The normalized spacial score (nSPS) is 21.3. The molecule has 11 heteroatoms. The van der Waals surface area contributed by atoms with Crippen LogP contribution in [0.2, 0.25) is 0 Å². The number of hydrogen-bond acceptors (Lipinski definition) is 9. The van der Waals surface area contributed by atoms with Crippen LogP contribution in [-0.4, -0.2) is 36.9 Å². The molecule has 2 saturated heterocycles. The first kappa shape index (κ1) is 34.6. The molecule has 2 aliphatic rings. The van der Waals surface area contributed by atoms with Crippen LogP contribution in [0.4, 0.5) is 0 Å². The number of ether oxygens (including phenoxy) is 3. The highest BCUT2D eigenvalue weighted by molar-refractivity contribution is 7.38. The van der Waals surface area contributed by atoms with E-state index in [0.717, 1.165) is 77.3 Å². The van der Waals surface area contributed by atoms with Gasteiger partial charge >= 0.3 is 16.4 Å². The van der Waals surface area contributed by atoms with Gasteiger partial charge in [-0.05, 0) is 138 Å². The molecule has 0 radical (unpaired) electrons. The van der Waals surface area contributed by atoms with Gasteiger partial charge in [0, 0.05) is 28.1 Å². The zero-order valence-corrected chi connectivity index (χ0v) is 32.6. The number of fused-ring (bicyclic) bond motifs is 7. The fourth-order valence-electron chi connectivity index (χ4n) is 7.66. The van der Waals surface area contributed by atoms with Gasteiger partial charge in [-0.1, -0.05) is 24.3 Å². The van der Waals surface area contributed by atoms with E-state index in [-0.39, 0.29) is 0 Å². The zero-order valence-electron chi connectivity index (χ0n) is 30.8. The van der Waals surface area contributed by atoms with Crippen molar-refractivity contribution in [2.45, 2.75) is 99.6 Å². The molecule has 0 bridgehead atoms. The second kappa shape index (κ2) is 12.9. The highest BCUT2D eigenvalue weighted by Gasteiger charge is 2.56. The molecule has 9 nitrogen and oxygen atoms in total. The summed E-state index contributed by atoms with van der Waals surface area (Å²) in [6.07, 6.45) is -2.23. The molecule has 51 heavy (non-hydrogen) atoms. The van der Waals surface area contributed by atoms with E-state index in [1.807, 2.05) is 13.8 Å². The van der Waals surface area contributed by atoms with Crippen molar-refractivity contribution in [3.05, 3.63) is 93.0 Å². The van der Waals surface area contributed by atoms with Crippen LogP contribution in [0.15, 0.2) is 65.3 Å². The predicted octanol–water partition coefficient (Wildman–Crippen LogP) is 11.3. The van der Waals surface area contributed by atoms with Crippen LogP contribution >= 0.6 is 16.4 Å². The lowest BCUT2D eigenvalue weighted by atomic mass is 10.0. The molecule has 4 aromatic carbocycles. The quantitative estimate of drug-likeness (QED) is 0.186. The highest BCUT2D eigenvalue weighted by atomic mass is 31.1. The van der Waals surface area contributed by atoms with Crippen LogP contribution in [-0.2, 0) is 14.2 Å². The molecule has 0 saturated carbocycles. The average molecular weight is 730 g/mol. The summed E-state index contributed by atoms with van der Waals surface area (Å²) in [6, 6.07) is 17.2. The summed E-state index contributed by atoms with van der Waals surface area (Å²) >= 11 is 0. The van der Waals surface area contributed by atoms with Crippen LogP contribution in [0.1, 0.15) is 58.4 Å². The second-order valence-corrected chi connectivity index (χ2v) is 17.0. The average Bonchev–Trinajstić information content (AvgIpc) is 3.36. The van der Waals surface area contributed by atoms with Gasteiger partial charge in [-0.25, -0.2) is 5.09 Å². The van der Waals surface area contributed by atoms with E-state index in [1.165, 1.54) is 11.1 Å². The second-order valence-electron chi connectivity index (χ2n) is 14.8. The monoisotopic (exact) mass is 729 g/mol. The fourth-order valence-corrected chi connectivity index (χ4v) is 10.3. The summed E-state index contributed by atoms with van der Waals surface area (Å²) in [5, 5.41) is 7.59. The Labute approximate surface area is 299 Å². The van der Waals surface area contributed by atoms with Crippen molar-refractivity contribution in [2.24, 2.45) is 0 Å². The molecule has 0 amide bonds. The first-order chi connectivity index (χ1) is 24.2. The maximum atomic E-state index is 6.85. The first-order valence-corrected chi connectivity index (χ1v) is 19.7. The van der Waals surface area contributed by atoms with E-state index in [9.17, 15) is 0 Å². The lowest BCUT2D eigenvalue weighted by Crippen LogP contribution is -2.41. The lowest BCUT2D eigenvalue weighted by Gasteiger charge is -2.24. The van der Waals surface area contributed by atoms with Crippen LogP contribution in [0.5, 0.6) is 0 Å². The van der Waals surface area contributed by atoms with Gasteiger partial charge in [0.25, 0.3) is 0 Å². The summed E-state index contributed by atoms with van der Waals surface area (Å²) in [4.78, 5) is 0. The van der Waals surface area contributed by atoms with E-state index in [2.05, 4.69) is 109 Å². The van der Waals surface area contributed by atoms with Gasteiger partial charge in [0.05, 0.1) is 0 Å². The molecule has 1 N–H and O–H groups in total. The molecule has 2 aromatic heterocycles. The Morgan fingerprint density at radius 1 is 0.588 bits per heavy atom. The van der Waals surface area contributed by atoms with Crippen molar-refractivity contribution in [1.82, 2.24) is 0 Å². The fraction of sp³-hybridized carbons (Fsp3) is 0.400. The Bertz CT molecular complexity index is 2310. The number of benzene rings is 4. The molecule has 6 aromatic rings. The third-order valence-electron chi connectivity index (χ3n) is 9.65. The van der Waals surface area contributed by atoms with Gasteiger partial charge in [-0.2, -0.15) is 0 Å². The van der Waals surface area contributed by atoms with Crippen LogP contribution < -0.4 is 9.61 Å². The topological polar surface area (TPSA) is 102 Å². The number of nitrogens with one attached hydrogen (secondary N) is 1. The third-order valence-corrected chi connectivity index (χ3v) is 11.9. The molecule has 8 rings (SSSR count). The largest absolute Gasteiger partial charge is 0.408 e. The molecule has 2 aliphatic heterocycles. The van der Waals surface area contributed by atoms with Crippen molar-refractivity contribution in [3.63, 3.8) is 0 Å². The molecule has 4 atom stereocenters. The Morgan fingerprint density at radius 3 is 1.43 bits per heavy atom. The Hall–Kier alpha value is -3.52. The van der Waals surface area contributed by atoms with E-state index >= 15 is 0 Å². The molecule has 0 unspecified atom stereocenters. The minimum atomic E-state index is -1.93. The standard InChI is InChI=1S/C40H45NO8P2/c1-20-11-24(5)33-28(15-20)29-16-21(2)12-25(6)34(29)46-50(45-33)41-19-32-37(38-39(42-32)44-40(9,10)43-38)49-51-47-35-26(7)13-22(3)17-30(35)31-18-23(4)14-27(8)36(31)48-51/h11-18,32,37-39,41H,19H2,1-10H3/t32-,37-,38-,39-/m1/s1. The summed E-state index contributed by atoms with van der Waals surface area (Å²) in [5.74, 6) is -0.842. The van der Waals surface area contributed by atoms with Crippen molar-refractivity contribution in [1.29, 1.82) is 0 Å². The first-order valence-electron chi connectivity index (χ1n) is 17.4. The van der Waals surface area contributed by atoms with E-state index < -0.39 is 46.8 Å². The Balaban J connectivity index is 1.21. The Morgan fingerprint density at radius 2 is 1.00 bits per heavy atom. The maximum Gasteiger partial charge on any atom is 0.387 e. The van der Waals surface area contributed by atoms with Gasteiger partial charge in [0.1, 0.15) is 40.6 Å². The van der Waals surface area contributed by atoms with Crippen molar-refractivity contribution in [2.75, 3.05) is 11.6 Å². The summed E-state index contributed by atoms with van der Waals surface area (Å²) in [6.45, 7) is 20.8. The smallest absolute Gasteiger partial charge is 0.387 e. The van der Waals surface area contributed by atoms with Crippen molar-refractivity contribution in [3.8, 4) is 0 Å². The summed E-state index contributed by atoms with van der Waals surface area (Å²) in [7, 11) is -3.55. The minimum absolute atomic E-state index is 0.337. The molecule has 0 aliphatic carbocycles. The van der Waals surface area contributed by atoms with Crippen LogP contribution in [0.25, 0.3) is 43.9 Å². The number of rotatable bonds is 5. The van der Waals surface area contributed by atoms with Gasteiger partial charge < -0.3 is 31.0 Å².